The van der Waals surface area contributed by atoms with Crippen LogP contribution in [0.25, 0.3) is 0 Å². The number of hydrogen-bond donors (Lipinski definition) is 1. The van der Waals surface area contributed by atoms with Gasteiger partial charge in [0, 0.05) is 5.92 Å². The number of nitrogens with two attached hydrogens (primary N) is 1. The summed E-state index contributed by atoms with van der Waals surface area (Å²) >= 11 is 0. The summed E-state index contributed by atoms with van der Waals surface area (Å²) in [5, 5.41) is 7.87. The molecule has 1 aromatic rings. The molecule has 0 bridgehead atoms. The van der Waals surface area contributed by atoms with Gasteiger partial charge in [-0.3, -0.25) is 0 Å². The molecule has 1 aliphatic rings. The molecule has 2 N–H and O–H groups in total. The summed E-state index contributed by atoms with van der Waals surface area (Å²) in [4.78, 5) is 0. The molecule has 4 nitrogen and oxygen atoms in total. The normalized spacial score (nSPS) is 19.5. The molecular weight excluding hydrogens is 166 g/mol. The van der Waals surface area contributed by atoms with Gasteiger partial charge in [-0.25, -0.2) is 0 Å². The van der Waals surface area contributed by atoms with Crippen LogP contribution >= 0.6 is 0 Å². The van der Waals surface area contributed by atoms with Gasteiger partial charge in [0.05, 0.1) is 6.04 Å². The molecule has 4 heteroatoms. The van der Waals surface area contributed by atoms with Crippen LogP contribution in [0.5, 0.6) is 0 Å². The average molecular weight is 179 g/mol. The number of nitrogens with zero attached hydrogens (tertiary/aromatic N) is 2. The fraction of sp³-hybridized carbons (Fsp3) is 0.556. The van der Waals surface area contributed by atoms with Crippen LogP contribution in [0, 0.1) is 0 Å². The largest absolute Gasteiger partial charge is 0.423 e. The van der Waals surface area contributed by atoms with E-state index < -0.39 is 0 Å². The van der Waals surface area contributed by atoms with Crippen molar-refractivity contribution in [2.24, 2.45) is 5.73 Å². The predicted octanol–water partition coefficient (Wildman–Crippen LogP) is 1.52. The van der Waals surface area contributed by atoms with Gasteiger partial charge >= 0.3 is 0 Å². The summed E-state index contributed by atoms with van der Waals surface area (Å²) < 4.78 is 5.44. The smallest absolute Gasteiger partial charge is 0.232 e. The van der Waals surface area contributed by atoms with Gasteiger partial charge in [-0.2, -0.15) is 0 Å². The monoisotopic (exact) mass is 179 g/mol. The Hall–Kier alpha value is -1.16. The van der Waals surface area contributed by atoms with Crippen molar-refractivity contribution >= 4 is 0 Å². The van der Waals surface area contributed by atoms with Crippen molar-refractivity contribution in [2.45, 2.75) is 31.7 Å². The highest BCUT2D eigenvalue weighted by atomic mass is 16.4. The van der Waals surface area contributed by atoms with Crippen LogP contribution in [0.2, 0.25) is 0 Å². The lowest BCUT2D eigenvalue weighted by molar-refractivity contribution is 0.403. The lowest BCUT2D eigenvalue weighted by Crippen LogP contribution is -2.04. The Labute approximate surface area is 76.8 Å². The van der Waals surface area contributed by atoms with Crippen molar-refractivity contribution in [3.63, 3.8) is 0 Å². The van der Waals surface area contributed by atoms with E-state index in [9.17, 15) is 0 Å². The number of rotatable bonds is 2. The minimum Gasteiger partial charge on any atom is -0.423 e. The van der Waals surface area contributed by atoms with Crippen LogP contribution in [-0.2, 0) is 0 Å². The van der Waals surface area contributed by atoms with Gasteiger partial charge in [0.25, 0.3) is 0 Å². The molecule has 0 aromatic carbocycles. The van der Waals surface area contributed by atoms with E-state index in [1.807, 2.05) is 6.92 Å². The molecule has 0 radical (unpaired) electrons. The summed E-state index contributed by atoms with van der Waals surface area (Å²) in [5.41, 5.74) is 5.61. The van der Waals surface area contributed by atoms with Gasteiger partial charge in [-0.1, -0.05) is 12.2 Å². The maximum atomic E-state index is 5.61. The molecule has 1 atom stereocenters. The summed E-state index contributed by atoms with van der Waals surface area (Å²) in [7, 11) is 0. The van der Waals surface area contributed by atoms with Crippen molar-refractivity contribution in [3.05, 3.63) is 23.9 Å². The molecule has 0 fully saturated rings. The summed E-state index contributed by atoms with van der Waals surface area (Å²) in [5.74, 6) is 1.62. The van der Waals surface area contributed by atoms with Crippen molar-refractivity contribution in [1.29, 1.82) is 0 Å². The fourth-order valence-corrected chi connectivity index (χ4v) is 1.41. The van der Waals surface area contributed by atoms with Gasteiger partial charge in [0.2, 0.25) is 11.8 Å². The van der Waals surface area contributed by atoms with Gasteiger partial charge in [-0.05, 0) is 19.8 Å². The van der Waals surface area contributed by atoms with Gasteiger partial charge in [-0.15, -0.1) is 10.2 Å². The Morgan fingerprint density at radius 3 is 2.69 bits per heavy atom. The molecule has 1 heterocycles. The maximum Gasteiger partial charge on any atom is 0.232 e. The summed E-state index contributed by atoms with van der Waals surface area (Å²) in [6.07, 6.45) is 6.28. The first-order valence-electron chi connectivity index (χ1n) is 4.51. The van der Waals surface area contributed by atoms with Crippen LogP contribution in [0.3, 0.4) is 0 Å². The van der Waals surface area contributed by atoms with Crippen LogP contribution in [0.15, 0.2) is 16.6 Å². The molecule has 0 aliphatic heterocycles. The molecule has 70 valence electrons. The van der Waals surface area contributed by atoms with E-state index in [1.54, 1.807) is 0 Å². The molecule has 1 unspecified atom stereocenters. The Kier molecular flexibility index (Phi) is 2.14. The van der Waals surface area contributed by atoms with E-state index in [0.717, 1.165) is 18.7 Å². The van der Waals surface area contributed by atoms with Crippen molar-refractivity contribution in [2.75, 3.05) is 0 Å². The van der Waals surface area contributed by atoms with Crippen LogP contribution in [-0.4, -0.2) is 10.2 Å². The second-order valence-electron chi connectivity index (χ2n) is 3.41. The highest BCUT2D eigenvalue weighted by Gasteiger charge is 2.20. The molecule has 1 aliphatic carbocycles. The number of allylic oxidation sites excluding steroid dienone is 2. The van der Waals surface area contributed by atoms with Crippen molar-refractivity contribution in [1.82, 2.24) is 10.2 Å². The Bertz CT molecular complexity index is 308. The number of aromatic nitrogens is 2. The van der Waals surface area contributed by atoms with Crippen LogP contribution < -0.4 is 5.73 Å². The highest BCUT2D eigenvalue weighted by Crippen LogP contribution is 2.28. The third kappa shape index (κ3) is 1.62. The standard InChI is InChI=1S/C9H13N3O/c1-6(10)8-11-12-9(13-8)7-4-2-3-5-7/h2-3,6-7H,4-5,10H2,1H3. The minimum absolute atomic E-state index is 0.171. The lowest BCUT2D eigenvalue weighted by atomic mass is 10.1. The Morgan fingerprint density at radius 2 is 2.15 bits per heavy atom. The molecule has 0 saturated heterocycles. The zero-order chi connectivity index (χ0) is 9.26. The topological polar surface area (TPSA) is 64.9 Å². The molecule has 0 spiro atoms. The molecule has 0 amide bonds. The second kappa shape index (κ2) is 3.30. The molecule has 13 heavy (non-hydrogen) atoms. The first-order valence-corrected chi connectivity index (χ1v) is 4.51. The summed E-state index contributed by atoms with van der Waals surface area (Å²) in [6, 6.07) is -0.171. The SMILES string of the molecule is CC(N)c1nnc(C2CC=CC2)o1. The predicted molar refractivity (Wildman–Crippen MR) is 48.0 cm³/mol. The highest BCUT2D eigenvalue weighted by molar-refractivity contribution is 5.06. The Morgan fingerprint density at radius 1 is 1.46 bits per heavy atom. The van der Waals surface area contributed by atoms with Crippen LogP contribution in [0.4, 0.5) is 0 Å². The first kappa shape index (κ1) is 8.44. The zero-order valence-corrected chi connectivity index (χ0v) is 7.60. The van der Waals surface area contributed by atoms with E-state index >= 15 is 0 Å². The summed E-state index contributed by atoms with van der Waals surface area (Å²) in [6.45, 7) is 1.84. The zero-order valence-electron chi connectivity index (χ0n) is 7.60. The van der Waals surface area contributed by atoms with E-state index in [-0.39, 0.29) is 6.04 Å². The lowest BCUT2D eigenvalue weighted by Gasteiger charge is -2.01. The van der Waals surface area contributed by atoms with Gasteiger partial charge in [0.1, 0.15) is 0 Å². The van der Waals surface area contributed by atoms with E-state index in [1.165, 1.54) is 0 Å². The molecule has 2 rings (SSSR count). The van der Waals surface area contributed by atoms with Crippen LogP contribution in [0.1, 0.15) is 43.5 Å². The molecule has 0 saturated carbocycles. The van der Waals surface area contributed by atoms with E-state index in [0.29, 0.717) is 11.8 Å². The quantitative estimate of drug-likeness (QED) is 0.699. The first-order chi connectivity index (χ1) is 6.27. The third-order valence-corrected chi connectivity index (χ3v) is 2.20. The molecular formula is C9H13N3O. The van der Waals surface area contributed by atoms with Crippen molar-refractivity contribution in [3.8, 4) is 0 Å². The molecule has 1 aromatic heterocycles. The maximum absolute atomic E-state index is 5.61. The number of hydrogen-bond acceptors (Lipinski definition) is 4. The third-order valence-electron chi connectivity index (χ3n) is 2.20. The minimum atomic E-state index is -0.171. The van der Waals surface area contributed by atoms with E-state index in [2.05, 4.69) is 22.3 Å². The van der Waals surface area contributed by atoms with Gasteiger partial charge in [0.15, 0.2) is 0 Å². The fourth-order valence-electron chi connectivity index (χ4n) is 1.41. The van der Waals surface area contributed by atoms with E-state index in [4.69, 9.17) is 10.2 Å². The average Bonchev–Trinajstić information content (AvgIpc) is 2.75. The van der Waals surface area contributed by atoms with Crippen molar-refractivity contribution < 1.29 is 4.42 Å². The second-order valence-corrected chi connectivity index (χ2v) is 3.41. The Balaban J connectivity index is 2.13. The van der Waals surface area contributed by atoms with Gasteiger partial charge < -0.3 is 10.2 Å².